The van der Waals surface area contributed by atoms with Crippen molar-refractivity contribution in [2.45, 2.75) is 13.8 Å². The number of nitrogens with zero attached hydrogens (tertiary/aromatic N) is 3. The predicted molar refractivity (Wildman–Crippen MR) is 125 cm³/mol. The van der Waals surface area contributed by atoms with Crippen molar-refractivity contribution in [2.24, 2.45) is 0 Å². The second-order valence-corrected chi connectivity index (χ2v) is 8.11. The second-order valence-electron chi connectivity index (χ2n) is 8.11. The van der Waals surface area contributed by atoms with Gasteiger partial charge in [-0.05, 0) is 50.2 Å². The molecule has 0 amide bonds. The van der Waals surface area contributed by atoms with Crippen molar-refractivity contribution in [3.63, 3.8) is 0 Å². The van der Waals surface area contributed by atoms with E-state index in [-0.39, 0.29) is 5.56 Å². The third kappa shape index (κ3) is 3.73. The van der Waals surface area contributed by atoms with Crippen LogP contribution in [-0.4, -0.2) is 36.1 Å². The molecule has 5 rings (SSSR count). The van der Waals surface area contributed by atoms with Crippen LogP contribution in [0.1, 0.15) is 11.1 Å². The van der Waals surface area contributed by atoms with Crippen LogP contribution in [0.25, 0.3) is 27.7 Å². The van der Waals surface area contributed by atoms with Crippen molar-refractivity contribution in [3.05, 3.63) is 88.2 Å². The summed E-state index contributed by atoms with van der Waals surface area (Å²) in [7, 11) is 0. The molecule has 0 saturated carbocycles. The number of morpholine rings is 1. The van der Waals surface area contributed by atoms with Gasteiger partial charge in [0.25, 0.3) is 5.56 Å². The lowest BCUT2D eigenvalue weighted by Crippen LogP contribution is -2.36. The minimum atomic E-state index is -0.108. The first-order valence-corrected chi connectivity index (χ1v) is 10.6. The third-order valence-corrected chi connectivity index (χ3v) is 5.75. The summed E-state index contributed by atoms with van der Waals surface area (Å²) in [5.41, 5.74) is 5.93. The van der Waals surface area contributed by atoms with Crippen molar-refractivity contribution in [2.75, 3.05) is 31.2 Å². The van der Waals surface area contributed by atoms with Crippen LogP contribution in [0.2, 0.25) is 0 Å². The number of rotatable bonds is 3. The van der Waals surface area contributed by atoms with Gasteiger partial charge >= 0.3 is 0 Å². The quantitative estimate of drug-likeness (QED) is 0.498. The highest BCUT2D eigenvalue weighted by molar-refractivity contribution is 5.94. The van der Waals surface area contributed by atoms with Gasteiger partial charge in [-0.2, -0.15) is 9.78 Å². The summed E-state index contributed by atoms with van der Waals surface area (Å²) in [6, 6.07) is 22.2. The Hall–Kier alpha value is -3.44. The summed E-state index contributed by atoms with van der Waals surface area (Å²) in [5, 5.41) is 6.41. The highest BCUT2D eigenvalue weighted by Gasteiger charge is 2.16. The molecule has 31 heavy (non-hydrogen) atoms. The number of hydrogen-bond acceptors (Lipinski definition) is 4. The normalized spacial score (nSPS) is 14.2. The van der Waals surface area contributed by atoms with E-state index in [9.17, 15) is 4.79 Å². The molecule has 0 radical (unpaired) electrons. The summed E-state index contributed by atoms with van der Waals surface area (Å²) >= 11 is 0. The number of aryl methyl sites for hydroxylation is 2. The van der Waals surface area contributed by atoms with Crippen molar-refractivity contribution in [1.82, 2.24) is 9.78 Å². The van der Waals surface area contributed by atoms with Crippen LogP contribution in [-0.2, 0) is 4.74 Å². The average molecular weight is 412 g/mol. The molecule has 5 nitrogen and oxygen atoms in total. The molecule has 0 unspecified atom stereocenters. The first-order chi connectivity index (χ1) is 15.1. The van der Waals surface area contributed by atoms with Crippen LogP contribution in [0.15, 0.2) is 71.5 Å². The Bertz CT molecular complexity index is 1300. The van der Waals surface area contributed by atoms with Gasteiger partial charge in [-0.15, -0.1) is 0 Å². The van der Waals surface area contributed by atoms with E-state index in [4.69, 9.17) is 9.84 Å². The molecule has 1 saturated heterocycles. The van der Waals surface area contributed by atoms with E-state index in [0.29, 0.717) is 5.39 Å². The molecule has 156 valence electrons. The van der Waals surface area contributed by atoms with E-state index in [0.717, 1.165) is 54.3 Å². The largest absolute Gasteiger partial charge is 0.378 e. The van der Waals surface area contributed by atoms with Crippen molar-refractivity contribution in [3.8, 4) is 16.9 Å². The number of aromatic nitrogens is 2. The van der Waals surface area contributed by atoms with E-state index >= 15 is 0 Å². The van der Waals surface area contributed by atoms with E-state index < -0.39 is 0 Å². The van der Waals surface area contributed by atoms with Crippen LogP contribution in [0.3, 0.4) is 0 Å². The fraction of sp³-hybridized carbons (Fsp3) is 0.231. The van der Waals surface area contributed by atoms with Gasteiger partial charge in [0.2, 0.25) is 0 Å². The topological polar surface area (TPSA) is 47.4 Å². The Labute approximate surface area is 181 Å². The van der Waals surface area contributed by atoms with Gasteiger partial charge in [0.1, 0.15) is 0 Å². The molecule has 1 aromatic heterocycles. The Morgan fingerprint density at radius 1 is 0.806 bits per heavy atom. The van der Waals surface area contributed by atoms with Gasteiger partial charge in [-0.25, -0.2) is 0 Å². The zero-order valence-corrected chi connectivity index (χ0v) is 17.8. The van der Waals surface area contributed by atoms with Gasteiger partial charge in [0, 0.05) is 29.7 Å². The molecule has 2 heterocycles. The van der Waals surface area contributed by atoms with Crippen molar-refractivity contribution < 1.29 is 4.74 Å². The number of hydrogen-bond donors (Lipinski definition) is 0. The zero-order valence-electron chi connectivity index (χ0n) is 17.8. The minimum absolute atomic E-state index is 0.108. The van der Waals surface area contributed by atoms with Crippen LogP contribution < -0.4 is 10.5 Å². The molecular formula is C26H25N3O2. The fourth-order valence-corrected chi connectivity index (χ4v) is 4.33. The summed E-state index contributed by atoms with van der Waals surface area (Å²) in [6.45, 7) is 7.29. The molecule has 3 aromatic carbocycles. The predicted octanol–water partition coefficient (Wildman–Crippen LogP) is 4.51. The van der Waals surface area contributed by atoms with Gasteiger partial charge in [-0.1, -0.05) is 41.5 Å². The van der Waals surface area contributed by atoms with Gasteiger partial charge in [0.05, 0.1) is 30.0 Å². The Morgan fingerprint density at radius 2 is 1.48 bits per heavy atom. The SMILES string of the molecule is Cc1cc(C)cc(-c2nn(-c3cccc(N4CCOCC4)c3)c(=O)c3ccccc23)c1. The molecule has 0 aliphatic carbocycles. The highest BCUT2D eigenvalue weighted by Crippen LogP contribution is 2.28. The fourth-order valence-electron chi connectivity index (χ4n) is 4.33. The van der Waals surface area contributed by atoms with Crippen molar-refractivity contribution >= 4 is 16.5 Å². The van der Waals surface area contributed by atoms with Crippen LogP contribution in [0.4, 0.5) is 5.69 Å². The van der Waals surface area contributed by atoms with Gasteiger partial charge in [0.15, 0.2) is 0 Å². The van der Waals surface area contributed by atoms with Gasteiger partial charge in [-0.3, -0.25) is 4.79 Å². The monoisotopic (exact) mass is 411 g/mol. The Balaban J connectivity index is 1.71. The van der Waals surface area contributed by atoms with E-state index in [1.54, 1.807) is 4.68 Å². The summed E-state index contributed by atoms with van der Waals surface area (Å²) in [4.78, 5) is 15.7. The maximum Gasteiger partial charge on any atom is 0.279 e. The molecule has 1 aliphatic rings. The standard InChI is InChI=1S/C26H25N3O2/c1-18-14-19(2)16-20(15-18)25-23-8-3-4-9-24(23)26(30)29(27-25)22-7-5-6-21(17-22)28-10-12-31-13-11-28/h3-9,14-17H,10-13H2,1-2H3. The molecule has 0 atom stereocenters. The van der Waals surface area contributed by atoms with E-state index in [1.807, 2.05) is 42.5 Å². The lowest BCUT2D eigenvalue weighted by atomic mass is 10.0. The van der Waals surface area contributed by atoms with Crippen molar-refractivity contribution in [1.29, 1.82) is 0 Å². The molecule has 4 aromatic rings. The van der Waals surface area contributed by atoms with E-state index in [2.05, 4.69) is 43.0 Å². The molecular weight excluding hydrogens is 386 g/mol. The van der Waals surface area contributed by atoms with Gasteiger partial charge < -0.3 is 9.64 Å². The summed E-state index contributed by atoms with van der Waals surface area (Å²) in [5.74, 6) is 0. The number of benzene rings is 3. The third-order valence-electron chi connectivity index (χ3n) is 5.75. The minimum Gasteiger partial charge on any atom is -0.378 e. The summed E-state index contributed by atoms with van der Waals surface area (Å²) in [6.07, 6.45) is 0. The smallest absolute Gasteiger partial charge is 0.279 e. The maximum atomic E-state index is 13.4. The van der Waals surface area contributed by atoms with E-state index in [1.165, 1.54) is 11.1 Å². The molecule has 0 N–H and O–H groups in total. The Morgan fingerprint density at radius 3 is 2.23 bits per heavy atom. The first kappa shape index (κ1) is 19.5. The van der Waals surface area contributed by atoms with Crippen LogP contribution in [0, 0.1) is 13.8 Å². The molecule has 0 spiro atoms. The molecule has 1 fully saturated rings. The number of anilines is 1. The molecule has 5 heteroatoms. The lowest BCUT2D eigenvalue weighted by molar-refractivity contribution is 0.122. The first-order valence-electron chi connectivity index (χ1n) is 10.6. The zero-order chi connectivity index (χ0) is 21.4. The Kier molecular flexibility index (Phi) is 5.04. The average Bonchev–Trinajstić information content (AvgIpc) is 2.79. The number of fused-ring (bicyclic) bond motifs is 1. The molecule has 1 aliphatic heterocycles. The lowest BCUT2D eigenvalue weighted by Gasteiger charge is -2.29. The maximum absolute atomic E-state index is 13.4. The molecule has 0 bridgehead atoms. The second kappa shape index (κ2) is 8.00. The number of ether oxygens (including phenoxy) is 1. The van der Waals surface area contributed by atoms with Crippen LogP contribution in [0.5, 0.6) is 0 Å². The summed E-state index contributed by atoms with van der Waals surface area (Å²) < 4.78 is 7.02. The highest BCUT2D eigenvalue weighted by atomic mass is 16.5. The van der Waals surface area contributed by atoms with Crippen LogP contribution >= 0.6 is 0 Å².